The van der Waals surface area contributed by atoms with Gasteiger partial charge in [0, 0.05) is 25.4 Å². The highest BCUT2D eigenvalue weighted by molar-refractivity contribution is 5.78. The molecule has 0 radical (unpaired) electrons. The Kier molecular flexibility index (Phi) is 4.63. The Morgan fingerprint density at radius 1 is 1.13 bits per heavy atom. The van der Waals surface area contributed by atoms with E-state index in [2.05, 4.69) is 0 Å². The highest BCUT2D eigenvalue weighted by Crippen LogP contribution is 2.30. The van der Waals surface area contributed by atoms with Crippen LogP contribution in [0.5, 0.6) is 5.75 Å². The predicted molar refractivity (Wildman–Crippen MR) is 88.5 cm³/mol. The molecule has 0 aromatic heterocycles. The molecule has 1 saturated heterocycles. The highest BCUT2D eigenvalue weighted by Gasteiger charge is 2.30. The van der Waals surface area contributed by atoms with Crippen LogP contribution in [0.4, 0.5) is 0 Å². The average molecular weight is 311 g/mol. The zero-order chi connectivity index (χ0) is 16.2. The summed E-state index contributed by atoms with van der Waals surface area (Å²) in [4.78, 5) is 14.2. The zero-order valence-corrected chi connectivity index (χ0v) is 13.2. The minimum Gasteiger partial charge on any atom is -0.497 e. The molecule has 1 aliphatic heterocycles. The summed E-state index contributed by atoms with van der Waals surface area (Å²) < 4.78 is 5.21. The minimum atomic E-state index is -0.366. The zero-order valence-electron chi connectivity index (χ0n) is 13.2. The van der Waals surface area contributed by atoms with E-state index in [4.69, 9.17) is 4.74 Å². The van der Waals surface area contributed by atoms with E-state index in [-0.39, 0.29) is 17.9 Å². The van der Waals surface area contributed by atoms with Gasteiger partial charge in [0.25, 0.3) is 0 Å². The number of carbonyl (C=O) groups excluding carboxylic acids is 1. The van der Waals surface area contributed by atoms with Crippen LogP contribution in [0.1, 0.15) is 23.5 Å². The van der Waals surface area contributed by atoms with Gasteiger partial charge in [0.2, 0.25) is 5.91 Å². The number of benzene rings is 2. The Labute approximate surface area is 136 Å². The standard InChI is InChI=1S/C19H21NO3/c1-23-17-9-7-15(8-10-17)18(14-5-3-2-4-6-14)11-19(22)20-12-16(21)13-20/h2-10,16,18,21H,11-13H2,1H3/t18-/m0/s1. The molecule has 1 amide bonds. The number of likely N-dealkylation sites (tertiary alicyclic amines) is 1. The van der Waals surface area contributed by atoms with Gasteiger partial charge in [-0.05, 0) is 23.3 Å². The van der Waals surface area contributed by atoms with E-state index in [9.17, 15) is 9.90 Å². The molecule has 0 bridgehead atoms. The first kappa shape index (κ1) is 15.6. The molecule has 2 aromatic rings. The van der Waals surface area contributed by atoms with Crippen LogP contribution >= 0.6 is 0 Å². The van der Waals surface area contributed by atoms with Crippen LogP contribution in [0.15, 0.2) is 54.6 Å². The van der Waals surface area contributed by atoms with Crippen molar-refractivity contribution in [2.24, 2.45) is 0 Å². The van der Waals surface area contributed by atoms with Crippen molar-refractivity contribution in [2.75, 3.05) is 20.2 Å². The molecule has 1 N–H and O–H groups in total. The number of nitrogens with zero attached hydrogens (tertiary/aromatic N) is 1. The first-order valence-corrected chi connectivity index (χ1v) is 7.82. The SMILES string of the molecule is COc1ccc([C@@H](CC(=O)N2CC(O)C2)c2ccccc2)cc1. The molecule has 0 aliphatic carbocycles. The molecule has 120 valence electrons. The van der Waals surface area contributed by atoms with E-state index in [0.29, 0.717) is 19.5 Å². The third-order valence-electron chi connectivity index (χ3n) is 4.31. The second-order valence-corrected chi connectivity index (χ2v) is 5.89. The molecular weight excluding hydrogens is 290 g/mol. The summed E-state index contributed by atoms with van der Waals surface area (Å²) in [6.07, 6.45) is 0.0402. The topological polar surface area (TPSA) is 49.8 Å². The number of β-amino-alcohol motifs (C(OH)–C–C–N with tert-alkyl or cyclic N) is 1. The third-order valence-corrected chi connectivity index (χ3v) is 4.31. The molecule has 1 atom stereocenters. The average Bonchev–Trinajstić information content (AvgIpc) is 2.57. The van der Waals surface area contributed by atoms with Crippen molar-refractivity contribution < 1.29 is 14.6 Å². The molecule has 1 aliphatic rings. The quantitative estimate of drug-likeness (QED) is 0.922. The molecule has 2 aromatic carbocycles. The van der Waals surface area contributed by atoms with Crippen molar-refractivity contribution in [2.45, 2.75) is 18.4 Å². The number of methoxy groups -OCH3 is 1. The van der Waals surface area contributed by atoms with Crippen LogP contribution in [-0.4, -0.2) is 42.2 Å². The number of aliphatic hydroxyl groups excluding tert-OH is 1. The summed E-state index contributed by atoms with van der Waals surface area (Å²) in [6, 6.07) is 17.9. The monoisotopic (exact) mass is 311 g/mol. The molecule has 4 nitrogen and oxygen atoms in total. The molecule has 4 heteroatoms. The van der Waals surface area contributed by atoms with Gasteiger partial charge in [-0.15, -0.1) is 0 Å². The van der Waals surface area contributed by atoms with Crippen molar-refractivity contribution in [3.8, 4) is 5.75 Å². The van der Waals surface area contributed by atoms with Gasteiger partial charge in [0.15, 0.2) is 0 Å². The van der Waals surface area contributed by atoms with E-state index < -0.39 is 0 Å². The molecular formula is C19H21NO3. The Morgan fingerprint density at radius 3 is 2.30 bits per heavy atom. The summed E-state index contributed by atoms with van der Waals surface area (Å²) in [6.45, 7) is 0.895. The van der Waals surface area contributed by atoms with Crippen LogP contribution in [0, 0.1) is 0 Å². The maximum absolute atomic E-state index is 12.4. The lowest BCUT2D eigenvalue weighted by Gasteiger charge is -2.36. The summed E-state index contributed by atoms with van der Waals surface area (Å²) in [5, 5.41) is 9.39. The number of carbonyl (C=O) groups is 1. The normalized spacial score (nSPS) is 15.8. The van der Waals surface area contributed by atoms with Crippen LogP contribution in [0.3, 0.4) is 0 Å². The molecule has 23 heavy (non-hydrogen) atoms. The first-order chi connectivity index (χ1) is 11.2. The van der Waals surface area contributed by atoms with Crippen molar-refractivity contribution >= 4 is 5.91 Å². The Morgan fingerprint density at radius 2 is 1.74 bits per heavy atom. The number of amides is 1. The van der Waals surface area contributed by atoms with Gasteiger partial charge >= 0.3 is 0 Å². The summed E-state index contributed by atoms with van der Waals surface area (Å²) in [5.74, 6) is 0.894. The van der Waals surface area contributed by atoms with Gasteiger partial charge in [0.05, 0.1) is 13.2 Å². The van der Waals surface area contributed by atoms with Crippen LogP contribution in [-0.2, 0) is 4.79 Å². The van der Waals surface area contributed by atoms with Crippen molar-refractivity contribution in [3.63, 3.8) is 0 Å². The van der Waals surface area contributed by atoms with Gasteiger partial charge in [-0.2, -0.15) is 0 Å². The van der Waals surface area contributed by atoms with Crippen molar-refractivity contribution in [1.29, 1.82) is 0 Å². The summed E-state index contributed by atoms with van der Waals surface area (Å²) >= 11 is 0. The van der Waals surface area contributed by atoms with Crippen molar-refractivity contribution in [3.05, 3.63) is 65.7 Å². The number of ether oxygens (including phenoxy) is 1. The second kappa shape index (κ2) is 6.84. The van der Waals surface area contributed by atoms with Crippen molar-refractivity contribution in [1.82, 2.24) is 4.90 Å². The lowest BCUT2D eigenvalue weighted by atomic mass is 9.87. The number of hydrogen-bond donors (Lipinski definition) is 1. The lowest BCUT2D eigenvalue weighted by molar-refractivity contribution is -0.141. The van der Waals surface area contributed by atoms with Gasteiger partial charge in [-0.1, -0.05) is 42.5 Å². The fourth-order valence-corrected chi connectivity index (χ4v) is 2.91. The molecule has 1 heterocycles. The van der Waals surface area contributed by atoms with Gasteiger partial charge in [-0.3, -0.25) is 4.79 Å². The lowest BCUT2D eigenvalue weighted by Crippen LogP contribution is -2.53. The first-order valence-electron chi connectivity index (χ1n) is 7.82. The maximum Gasteiger partial charge on any atom is 0.223 e. The fourth-order valence-electron chi connectivity index (χ4n) is 2.91. The molecule has 0 saturated carbocycles. The van der Waals surface area contributed by atoms with E-state index in [1.807, 2.05) is 54.6 Å². The summed E-state index contributed by atoms with van der Waals surface area (Å²) in [7, 11) is 1.64. The Bertz CT molecular complexity index is 648. The smallest absolute Gasteiger partial charge is 0.223 e. The fraction of sp³-hybridized carbons (Fsp3) is 0.316. The van der Waals surface area contributed by atoms with E-state index >= 15 is 0 Å². The van der Waals surface area contributed by atoms with Gasteiger partial charge < -0.3 is 14.7 Å². The molecule has 0 spiro atoms. The Balaban J connectivity index is 1.83. The van der Waals surface area contributed by atoms with Crippen LogP contribution in [0.25, 0.3) is 0 Å². The Hall–Kier alpha value is -2.33. The van der Waals surface area contributed by atoms with Crippen LogP contribution in [0.2, 0.25) is 0 Å². The largest absolute Gasteiger partial charge is 0.497 e. The summed E-state index contributed by atoms with van der Waals surface area (Å²) in [5.41, 5.74) is 2.21. The number of hydrogen-bond acceptors (Lipinski definition) is 3. The van der Waals surface area contributed by atoms with E-state index in [1.54, 1.807) is 12.0 Å². The van der Waals surface area contributed by atoms with E-state index in [1.165, 1.54) is 0 Å². The van der Waals surface area contributed by atoms with E-state index in [0.717, 1.165) is 16.9 Å². The molecule has 1 fully saturated rings. The maximum atomic E-state index is 12.4. The van der Waals surface area contributed by atoms with Gasteiger partial charge in [-0.25, -0.2) is 0 Å². The molecule has 0 unspecified atom stereocenters. The second-order valence-electron chi connectivity index (χ2n) is 5.89. The third kappa shape index (κ3) is 3.54. The predicted octanol–water partition coefficient (Wildman–Crippen LogP) is 2.42. The van der Waals surface area contributed by atoms with Gasteiger partial charge in [0.1, 0.15) is 5.75 Å². The van der Waals surface area contributed by atoms with Crippen LogP contribution < -0.4 is 4.74 Å². The minimum absolute atomic E-state index is 0.00680. The highest BCUT2D eigenvalue weighted by atomic mass is 16.5. The number of aliphatic hydroxyl groups is 1. The number of rotatable bonds is 5. The molecule has 3 rings (SSSR count).